The van der Waals surface area contributed by atoms with Crippen molar-refractivity contribution in [3.05, 3.63) is 30.3 Å². The number of ether oxygens (including phenoxy) is 2. The molecule has 0 spiro atoms. The molecule has 20 heavy (non-hydrogen) atoms. The van der Waals surface area contributed by atoms with Gasteiger partial charge in [-0.1, -0.05) is 18.2 Å². The first-order valence-corrected chi connectivity index (χ1v) is 6.86. The number of rotatable bonds is 5. The zero-order chi connectivity index (χ0) is 14.4. The highest BCUT2D eigenvalue weighted by molar-refractivity contribution is 5.78. The molecule has 1 aliphatic rings. The van der Waals surface area contributed by atoms with E-state index in [9.17, 15) is 4.79 Å². The van der Waals surface area contributed by atoms with Crippen LogP contribution in [0.5, 0.6) is 5.75 Å². The van der Waals surface area contributed by atoms with Crippen molar-refractivity contribution in [2.75, 3.05) is 47.0 Å². The molecule has 1 amide bonds. The highest BCUT2D eigenvalue weighted by atomic mass is 16.5. The number of para-hydroxylation sites is 1. The van der Waals surface area contributed by atoms with Crippen molar-refractivity contribution in [2.45, 2.75) is 6.04 Å². The van der Waals surface area contributed by atoms with Crippen LogP contribution in [-0.4, -0.2) is 68.8 Å². The van der Waals surface area contributed by atoms with Gasteiger partial charge in [-0.25, -0.2) is 0 Å². The zero-order valence-electron chi connectivity index (χ0n) is 12.1. The monoisotopic (exact) mass is 278 g/mol. The van der Waals surface area contributed by atoms with Crippen LogP contribution in [0.3, 0.4) is 0 Å². The average Bonchev–Trinajstić information content (AvgIpc) is 2.46. The van der Waals surface area contributed by atoms with Crippen LogP contribution in [0.1, 0.15) is 0 Å². The minimum absolute atomic E-state index is 0.0176. The minimum Gasteiger partial charge on any atom is -0.484 e. The van der Waals surface area contributed by atoms with Crippen LogP contribution in [0.25, 0.3) is 0 Å². The summed E-state index contributed by atoms with van der Waals surface area (Å²) >= 11 is 0. The third-order valence-electron chi connectivity index (χ3n) is 3.23. The Morgan fingerprint density at radius 3 is 2.85 bits per heavy atom. The third-order valence-corrected chi connectivity index (χ3v) is 3.23. The maximum atomic E-state index is 12.3. The van der Waals surface area contributed by atoms with Gasteiger partial charge in [0, 0.05) is 13.1 Å². The first-order chi connectivity index (χ1) is 9.66. The van der Waals surface area contributed by atoms with Gasteiger partial charge in [0.15, 0.2) is 6.61 Å². The Kier molecular flexibility index (Phi) is 5.38. The fourth-order valence-electron chi connectivity index (χ4n) is 2.30. The lowest BCUT2D eigenvalue weighted by atomic mass is 10.2. The largest absolute Gasteiger partial charge is 0.484 e. The Hall–Kier alpha value is -1.59. The molecule has 1 aromatic carbocycles. The van der Waals surface area contributed by atoms with Crippen molar-refractivity contribution >= 4 is 5.91 Å². The van der Waals surface area contributed by atoms with Crippen LogP contribution in [0.4, 0.5) is 0 Å². The van der Waals surface area contributed by atoms with Crippen LogP contribution in [-0.2, 0) is 9.53 Å². The predicted octanol–water partition coefficient (Wildman–Crippen LogP) is 0.854. The smallest absolute Gasteiger partial charge is 0.260 e. The Morgan fingerprint density at radius 2 is 2.15 bits per heavy atom. The average molecular weight is 278 g/mol. The van der Waals surface area contributed by atoms with Gasteiger partial charge in [0.05, 0.1) is 19.3 Å². The summed E-state index contributed by atoms with van der Waals surface area (Å²) in [5.74, 6) is 0.738. The van der Waals surface area contributed by atoms with Crippen molar-refractivity contribution in [1.82, 2.24) is 9.80 Å². The van der Waals surface area contributed by atoms with Crippen molar-refractivity contribution in [3.63, 3.8) is 0 Å². The maximum Gasteiger partial charge on any atom is 0.260 e. The molecule has 0 bridgehead atoms. The van der Waals surface area contributed by atoms with E-state index in [1.165, 1.54) is 0 Å². The SMILES string of the molecule is CN(C)CC1COCCN1C(=O)COc1ccccc1. The molecule has 1 atom stereocenters. The molecule has 110 valence electrons. The van der Waals surface area contributed by atoms with Gasteiger partial charge in [-0.3, -0.25) is 4.79 Å². The number of nitrogens with zero attached hydrogens (tertiary/aromatic N) is 2. The van der Waals surface area contributed by atoms with E-state index in [1.807, 2.05) is 49.3 Å². The Morgan fingerprint density at radius 1 is 1.40 bits per heavy atom. The molecule has 1 unspecified atom stereocenters. The summed E-state index contributed by atoms with van der Waals surface area (Å²) in [4.78, 5) is 16.2. The van der Waals surface area contributed by atoms with Gasteiger partial charge in [-0.15, -0.1) is 0 Å². The van der Waals surface area contributed by atoms with Crippen LogP contribution in [0.15, 0.2) is 30.3 Å². The normalized spacial score (nSPS) is 19.1. The lowest BCUT2D eigenvalue weighted by molar-refractivity contribution is -0.142. The zero-order valence-corrected chi connectivity index (χ0v) is 12.1. The Labute approximate surface area is 120 Å². The summed E-state index contributed by atoms with van der Waals surface area (Å²) < 4.78 is 11.0. The van der Waals surface area contributed by atoms with Crippen molar-refractivity contribution in [2.24, 2.45) is 0 Å². The van der Waals surface area contributed by atoms with E-state index >= 15 is 0 Å². The molecule has 1 fully saturated rings. The summed E-state index contributed by atoms with van der Waals surface area (Å²) in [5, 5.41) is 0. The number of carbonyl (C=O) groups is 1. The van der Waals surface area contributed by atoms with Crippen molar-refractivity contribution < 1.29 is 14.3 Å². The molecule has 0 aromatic heterocycles. The first kappa shape index (κ1) is 14.8. The summed E-state index contributed by atoms with van der Waals surface area (Å²) in [6.45, 7) is 2.71. The summed E-state index contributed by atoms with van der Waals surface area (Å²) in [6, 6.07) is 9.51. The maximum absolute atomic E-state index is 12.3. The molecule has 1 aliphatic heterocycles. The summed E-state index contributed by atoms with van der Waals surface area (Å²) in [6.07, 6.45) is 0. The minimum atomic E-state index is 0.0176. The molecular weight excluding hydrogens is 256 g/mol. The second kappa shape index (κ2) is 7.26. The fraction of sp³-hybridized carbons (Fsp3) is 0.533. The lowest BCUT2D eigenvalue weighted by Crippen LogP contribution is -2.53. The first-order valence-electron chi connectivity index (χ1n) is 6.86. The molecule has 1 heterocycles. The van der Waals surface area contributed by atoms with Crippen molar-refractivity contribution in [3.8, 4) is 5.75 Å². The quantitative estimate of drug-likeness (QED) is 0.801. The van der Waals surface area contributed by atoms with Crippen molar-refractivity contribution in [1.29, 1.82) is 0 Å². The number of morpholine rings is 1. The molecule has 5 heteroatoms. The van der Waals surface area contributed by atoms with Crippen LogP contribution in [0.2, 0.25) is 0 Å². The van der Waals surface area contributed by atoms with E-state index < -0.39 is 0 Å². The molecule has 0 N–H and O–H groups in total. The fourth-order valence-corrected chi connectivity index (χ4v) is 2.30. The number of benzene rings is 1. The summed E-state index contributed by atoms with van der Waals surface area (Å²) in [5.41, 5.74) is 0. The number of hydrogen-bond donors (Lipinski definition) is 0. The molecule has 0 aliphatic carbocycles. The molecule has 1 saturated heterocycles. The van der Waals surface area contributed by atoms with E-state index in [-0.39, 0.29) is 18.6 Å². The number of amides is 1. The van der Waals surface area contributed by atoms with E-state index in [2.05, 4.69) is 4.90 Å². The predicted molar refractivity (Wildman–Crippen MR) is 76.8 cm³/mol. The molecular formula is C15H22N2O3. The van der Waals surface area contributed by atoms with Gasteiger partial charge >= 0.3 is 0 Å². The van der Waals surface area contributed by atoms with E-state index in [0.717, 1.165) is 12.3 Å². The molecule has 2 rings (SSSR count). The number of hydrogen-bond acceptors (Lipinski definition) is 4. The topological polar surface area (TPSA) is 42.0 Å². The number of carbonyl (C=O) groups excluding carboxylic acids is 1. The van der Waals surface area contributed by atoms with Crippen LogP contribution >= 0.6 is 0 Å². The second-order valence-electron chi connectivity index (χ2n) is 5.18. The Bertz CT molecular complexity index is 422. The Balaban J connectivity index is 1.89. The molecule has 1 aromatic rings. The van der Waals surface area contributed by atoms with Crippen LogP contribution < -0.4 is 4.74 Å². The standard InChI is InChI=1S/C15H22N2O3/c1-16(2)10-13-11-19-9-8-17(13)15(18)12-20-14-6-4-3-5-7-14/h3-7,13H,8-12H2,1-2H3. The van der Waals surface area contributed by atoms with Gasteiger partial charge in [0.1, 0.15) is 5.75 Å². The highest BCUT2D eigenvalue weighted by Crippen LogP contribution is 2.11. The van der Waals surface area contributed by atoms with E-state index in [4.69, 9.17) is 9.47 Å². The van der Waals surface area contributed by atoms with E-state index in [1.54, 1.807) is 0 Å². The number of likely N-dealkylation sites (N-methyl/N-ethyl adjacent to an activating group) is 1. The van der Waals surface area contributed by atoms with Gasteiger partial charge in [0.25, 0.3) is 5.91 Å². The van der Waals surface area contributed by atoms with Gasteiger partial charge < -0.3 is 19.3 Å². The summed E-state index contributed by atoms with van der Waals surface area (Å²) in [7, 11) is 4.00. The van der Waals surface area contributed by atoms with Gasteiger partial charge in [-0.05, 0) is 26.2 Å². The molecule has 0 saturated carbocycles. The van der Waals surface area contributed by atoms with Gasteiger partial charge in [0.2, 0.25) is 0 Å². The lowest BCUT2D eigenvalue weighted by Gasteiger charge is -2.36. The second-order valence-corrected chi connectivity index (χ2v) is 5.18. The molecule has 0 radical (unpaired) electrons. The van der Waals surface area contributed by atoms with Crippen LogP contribution in [0, 0.1) is 0 Å². The molecule has 5 nitrogen and oxygen atoms in total. The van der Waals surface area contributed by atoms with E-state index in [0.29, 0.717) is 19.8 Å². The van der Waals surface area contributed by atoms with Gasteiger partial charge in [-0.2, -0.15) is 0 Å². The highest BCUT2D eigenvalue weighted by Gasteiger charge is 2.27. The third kappa shape index (κ3) is 4.21.